The number of benzene rings is 7. The van der Waals surface area contributed by atoms with Gasteiger partial charge in [0.25, 0.3) is 0 Å². The highest BCUT2D eigenvalue weighted by atomic mass is 16.3. The van der Waals surface area contributed by atoms with E-state index >= 15 is 0 Å². The van der Waals surface area contributed by atoms with E-state index in [1.54, 1.807) is 73.3 Å². The van der Waals surface area contributed by atoms with Crippen molar-refractivity contribution in [1.29, 1.82) is 0 Å². The number of hydrogen-bond donors (Lipinski definition) is 0. The van der Waals surface area contributed by atoms with Crippen LogP contribution in [-0.2, 0) is 0 Å². The van der Waals surface area contributed by atoms with Crippen molar-refractivity contribution < 1.29 is 23.6 Å². The third kappa shape index (κ3) is 6.02. The van der Waals surface area contributed by atoms with Crippen molar-refractivity contribution in [2.24, 2.45) is 0 Å². The molecule has 0 spiro atoms. The summed E-state index contributed by atoms with van der Waals surface area (Å²) >= 11 is 0. The Morgan fingerprint density at radius 3 is 1.82 bits per heavy atom. The lowest BCUT2D eigenvalue weighted by molar-refractivity contribution is 0.670. The Balaban J connectivity index is 1.15. The first-order valence-corrected chi connectivity index (χ1v) is 19.4. The molecule has 5 heterocycles. The van der Waals surface area contributed by atoms with Gasteiger partial charge in [0.2, 0.25) is 0 Å². The molecule has 7 aromatic carbocycles. The van der Waals surface area contributed by atoms with E-state index in [4.69, 9.17) is 34.4 Å². The SMILES string of the molecule is [2H]c1cc([2H])c2c(c1[2H])c1c([2H])c([2H])c([2H])c([2H])c1n2-c1ccccc1-c1nc(-c2cc(-c3cccnc3)cc(-c3cccnc3)c2)nc(-c2cccc(-c3c([2H])c([2H])c([2H])c4c3oc3c([2H])c([2H])c([2H])c([2H])c34)c2)n1. The summed E-state index contributed by atoms with van der Waals surface area (Å²) in [7, 11) is 0. The van der Waals surface area contributed by atoms with Crippen LogP contribution in [0.2, 0.25) is 0 Å². The van der Waals surface area contributed by atoms with Gasteiger partial charge in [0.05, 0.1) is 35.9 Å². The molecule has 0 saturated carbocycles. The van der Waals surface area contributed by atoms with Crippen LogP contribution >= 0.6 is 0 Å². The molecule has 62 heavy (non-hydrogen) atoms. The molecule has 0 aliphatic carbocycles. The lowest BCUT2D eigenvalue weighted by Crippen LogP contribution is -2.04. The van der Waals surface area contributed by atoms with Crippen molar-refractivity contribution in [2.75, 3.05) is 0 Å². The molecule has 0 saturated heterocycles. The first-order valence-electron chi connectivity index (χ1n) is 26.4. The number of fused-ring (bicyclic) bond motifs is 6. The number of furan rings is 1. The van der Waals surface area contributed by atoms with Gasteiger partial charge in [-0.2, -0.15) is 0 Å². The van der Waals surface area contributed by atoms with E-state index in [0.29, 0.717) is 22.3 Å². The normalized spacial score (nSPS) is 14.7. The summed E-state index contributed by atoms with van der Waals surface area (Å²) in [6, 6.07) is 21.9. The van der Waals surface area contributed by atoms with Gasteiger partial charge in [0, 0.05) is 79.7 Å². The maximum absolute atomic E-state index is 9.24. The standard InChI is InChI=1S/C55H34N6O/c1-5-23-48-43(17-1)44-18-2-6-24-49(44)61(48)50-25-7-3-20-47(50)55-59-53(36-14-9-13-35(29-36)42-21-10-22-46-45-19-4-8-26-51(45)62-52(42)46)58-54(60-55)41-31-39(37-15-11-27-56-33-37)30-40(32-41)38-16-12-28-57-34-38/h1-34H/i1D,2D,4D,5D,8D,10D,17D,18D,19D,21D,22D,23D,24D,26D. The van der Waals surface area contributed by atoms with Gasteiger partial charge in [-0.1, -0.05) is 115 Å². The molecular weight excluding hydrogens is 761 g/mol. The van der Waals surface area contributed by atoms with Crippen LogP contribution in [0.4, 0.5) is 0 Å². The Morgan fingerprint density at radius 2 is 1.03 bits per heavy atom. The first-order chi connectivity index (χ1) is 36.5. The van der Waals surface area contributed by atoms with E-state index in [9.17, 15) is 4.11 Å². The molecule has 0 aliphatic heterocycles. The molecule has 12 rings (SSSR count). The summed E-state index contributed by atoms with van der Waals surface area (Å²) in [6.45, 7) is 0. The summed E-state index contributed by atoms with van der Waals surface area (Å²) in [5, 5.41) is -0.174. The fourth-order valence-corrected chi connectivity index (χ4v) is 7.82. The van der Waals surface area contributed by atoms with Crippen molar-refractivity contribution >= 4 is 43.7 Å². The second kappa shape index (κ2) is 14.6. The lowest BCUT2D eigenvalue weighted by Gasteiger charge is -2.15. The van der Waals surface area contributed by atoms with Gasteiger partial charge in [-0.15, -0.1) is 0 Å². The van der Waals surface area contributed by atoms with Crippen LogP contribution in [0.3, 0.4) is 0 Å². The molecule has 0 unspecified atom stereocenters. The van der Waals surface area contributed by atoms with Gasteiger partial charge >= 0.3 is 0 Å². The van der Waals surface area contributed by atoms with Crippen molar-refractivity contribution in [3.05, 3.63) is 206 Å². The van der Waals surface area contributed by atoms with E-state index in [-0.39, 0.29) is 90.6 Å². The van der Waals surface area contributed by atoms with E-state index in [1.807, 2.05) is 42.5 Å². The minimum Gasteiger partial charge on any atom is -0.455 e. The van der Waals surface area contributed by atoms with Gasteiger partial charge in [-0.3, -0.25) is 9.97 Å². The van der Waals surface area contributed by atoms with Gasteiger partial charge in [0.1, 0.15) is 11.2 Å². The zero-order chi connectivity index (χ0) is 53.2. The topological polar surface area (TPSA) is 82.5 Å². The lowest BCUT2D eigenvalue weighted by atomic mass is 9.97. The fourth-order valence-electron chi connectivity index (χ4n) is 7.82. The van der Waals surface area contributed by atoms with Crippen LogP contribution in [0.15, 0.2) is 211 Å². The van der Waals surface area contributed by atoms with Crippen LogP contribution in [0.1, 0.15) is 19.2 Å². The summed E-state index contributed by atoms with van der Waals surface area (Å²) < 4.78 is 131. The molecule has 7 heteroatoms. The number of rotatable bonds is 7. The molecule has 0 aliphatic rings. The molecule has 5 aromatic heterocycles. The molecule has 0 N–H and O–H groups in total. The minimum atomic E-state index is -0.545. The molecule has 12 aromatic rings. The Morgan fingerprint density at radius 1 is 0.419 bits per heavy atom. The van der Waals surface area contributed by atoms with Crippen LogP contribution in [0, 0.1) is 0 Å². The molecule has 0 radical (unpaired) electrons. The van der Waals surface area contributed by atoms with Gasteiger partial charge in [-0.05, 0) is 83.3 Å². The number of pyridine rings is 2. The summed E-state index contributed by atoms with van der Waals surface area (Å²) in [5.41, 5.74) is 4.66. The van der Waals surface area contributed by atoms with Gasteiger partial charge in [0.15, 0.2) is 17.5 Å². The number of para-hydroxylation sites is 5. The van der Waals surface area contributed by atoms with Crippen molar-refractivity contribution in [3.63, 3.8) is 0 Å². The van der Waals surface area contributed by atoms with Crippen molar-refractivity contribution in [2.45, 2.75) is 0 Å². The van der Waals surface area contributed by atoms with E-state index in [2.05, 4.69) is 9.97 Å². The largest absolute Gasteiger partial charge is 0.455 e. The third-order valence-corrected chi connectivity index (χ3v) is 10.6. The maximum atomic E-state index is 9.24. The highest BCUT2D eigenvalue weighted by Gasteiger charge is 2.21. The Hall–Kier alpha value is -8.55. The third-order valence-electron chi connectivity index (χ3n) is 10.6. The summed E-state index contributed by atoms with van der Waals surface area (Å²) in [4.78, 5) is 24.1. The zero-order valence-electron chi connectivity index (χ0n) is 46.1. The van der Waals surface area contributed by atoms with Crippen LogP contribution in [-0.4, -0.2) is 29.5 Å². The summed E-state index contributed by atoms with van der Waals surface area (Å²) in [6.07, 6.45) is 6.80. The smallest absolute Gasteiger partial charge is 0.166 e. The van der Waals surface area contributed by atoms with Gasteiger partial charge < -0.3 is 8.98 Å². The van der Waals surface area contributed by atoms with Crippen molar-refractivity contribution in [1.82, 2.24) is 29.5 Å². The van der Waals surface area contributed by atoms with E-state index in [0.717, 1.165) is 22.3 Å². The molecule has 290 valence electrons. The van der Waals surface area contributed by atoms with E-state index < -0.39 is 66.5 Å². The number of nitrogens with zero attached hydrogens (tertiary/aromatic N) is 6. The van der Waals surface area contributed by atoms with Crippen LogP contribution < -0.4 is 0 Å². The quantitative estimate of drug-likeness (QED) is 0.159. The fraction of sp³-hybridized carbons (Fsp3) is 0. The average Bonchev–Trinajstić information content (AvgIpc) is 4.26. The Labute approximate surface area is 376 Å². The monoisotopic (exact) mass is 808 g/mol. The highest BCUT2D eigenvalue weighted by Crippen LogP contribution is 2.39. The second-order valence-corrected chi connectivity index (χ2v) is 14.3. The molecule has 0 bridgehead atoms. The molecule has 0 amide bonds. The van der Waals surface area contributed by atoms with Crippen LogP contribution in [0.25, 0.3) is 117 Å². The van der Waals surface area contributed by atoms with Crippen LogP contribution in [0.5, 0.6) is 0 Å². The molecule has 0 fully saturated rings. The first kappa shape index (κ1) is 23.9. The number of aromatic nitrogens is 6. The predicted molar refractivity (Wildman–Crippen MR) is 250 cm³/mol. The molecule has 0 atom stereocenters. The van der Waals surface area contributed by atoms with Crippen molar-refractivity contribution in [3.8, 4) is 73.2 Å². The predicted octanol–water partition coefficient (Wildman–Crippen LogP) is 13.7. The second-order valence-electron chi connectivity index (χ2n) is 14.3. The minimum absolute atomic E-state index is 0.00179. The Bertz CT molecular complexity index is 4420. The average molecular weight is 809 g/mol. The molecule has 7 nitrogen and oxygen atoms in total. The maximum Gasteiger partial charge on any atom is 0.166 e. The molecular formula is C55H34N6O. The van der Waals surface area contributed by atoms with Gasteiger partial charge in [-0.25, -0.2) is 15.0 Å². The highest BCUT2D eigenvalue weighted by molar-refractivity contribution is 6.10. The Kier molecular flexibility index (Phi) is 5.63. The number of hydrogen-bond acceptors (Lipinski definition) is 6. The summed E-state index contributed by atoms with van der Waals surface area (Å²) in [5.74, 6) is 0.335. The van der Waals surface area contributed by atoms with E-state index in [1.165, 1.54) is 10.6 Å². The zero-order valence-corrected chi connectivity index (χ0v) is 32.1.